The van der Waals surface area contributed by atoms with Crippen LogP contribution in [0.25, 0.3) is 0 Å². The number of hydrogen-bond donors (Lipinski definition) is 0. The quantitative estimate of drug-likeness (QED) is 0.219. The maximum atomic E-state index is 13.9. The molecule has 0 radical (unpaired) electrons. The van der Waals surface area contributed by atoms with Crippen molar-refractivity contribution < 1.29 is 18.4 Å². The molecule has 0 aromatic heterocycles. The highest BCUT2D eigenvalue weighted by Crippen LogP contribution is 2.43. The predicted molar refractivity (Wildman–Crippen MR) is 169 cm³/mol. The van der Waals surface area contributed by atoms with Gasteiger partial charge in [0.2, 0.25) is 0 Å². The van der Waals surface area contributed by atoms with Crippen LogP contribution in [0, 0.1) is 0 Å². The topological polar surface area (TPSA) is 48.0 Å². The number of methoxy groups -OCH3 is 3. The van der Waals surface area contributed by atoms with E-state index < -0.39 is 23.7 Å². The first-order valence-corrected chi connectivity index (χ1v) is 15.6. The number of nitrogens with zero attached hydrogens (tertiary/aromatic N) is 1. The van der Waals surface area contributed by atoms with Crippen molar-refractivity contribution in [1.82, 2.24) is 4.31 Å². The third-order valence-electron chi connectivity index (χ3n) is 6.68. The standard InChI is InChI=1S/C33H38NO4PS/c1-33(2,3)40(35)34(4)32(24-18-20-25(36-5)21-19-24)28-22-29(37-6)30(38-7)23-31(28)39(26-14-10-8-11-15-26)27-16-12-9-13-17-27/h8-23,32H,1-7H3/t32-,40+/m1/s1. The van der Waals surface area contributed by atoms with Crippen molar-refractivity contribution in [3.63, 3.8) is 0 Å². The lowest BCUT2D eigenvalue weighted by atomic mass is 9.98. The van der Waals surface area contributed by atoms with Gasteiger partial charge >= 0.3 is 0 Å². The molecule has 0 unspecified atom stereocenters. The van der Waals surface area contributed by atoms with Crippen molar-refractivity contribution in [2.45, 2.75) is 31.6 Å². The first-order chi connectivity index (χ1) is 19.2. The van der Waals surface area contributed by atoms with E-state index in [1.54, 1.807) is 21.3 Å². The molecule has 40 heavy (non-hydrogen) atoms. The molecule has 0 heterocycles. The summed E-state index contributed by atoms with van der Waals surface area (Å²) in [6, 6.07) is 32.9. The van der Waals surface area contributed by atoms with Gasteiger partial charge in [-0.2, -0.15) is 0 Å². The maximum Gasteiger partial charge on any atom is 0.161 e. The Hall–Kier alpha value is -3.18. The monoisotopic (exact) mass is 575 g/mol. The fraction of sp³-hybridized carbons (Fsp3) is 0.273. The van der Waals surface area contributed by atoms with Crippen molar-refractivity contribution in [2.24, 2.45) is 0 Å². The number of hydrogen-bond acceptors (Lipinski definition) is 4. The van der Waals surface area contributed by atoms with E-state index in [9.17, 15) is 4.21 Å². The molecule has 5 nitrogen and oxygen atoms in total. The van der Waals surface area contributed by atoms with E-state index >= 15 is 0 Å². The zero-order valence-electron chi connectivity index (χ0n) is 24.3. The minimum atomic E-state index is -1.31. The van der Waals surface area contributed by atoms with Crippen molar-refractivity contribution in [1.29, 1.82) is 0 Å². The lowest BCUT2D eigenvalue weighted by Gasteiger charge is -2.35. The van der Waals surface area contributed by atoms with E-state index in [-0.39, 0.29) is 6.04 Å². The molecule has 7 heteroatoms. The van der Waals surface area contributed by atoms with Crippen LogP contribution in [0.2, 0.25) is 0 Å². The molecule has 0 aliphatic heterocycles. The van der Waals surface area contributed by atoms with Gasteiger partial charge in [0.15, 0.2) is 11.5 Å². The lowest BCUT2D eigenvalue weighted by Crippen LogP contribution is -2.39. The van der Waals surface area contributed by atoms with Gasteiger partial charge in [-0.25, -0.2) is 8.51 Å². The summed E-state index contributed by atoms with van der Waals surface area (Å²) in [6.45, 7) is 6.00. The number of ether oxygens (including phenoxy) is 3. The average Bonchev–Trinajstić information content (AvgIpc) is 2.98. The fourth-order valence-electron chi connectivity index (χ4n) is 4.78. The molecule has 0 N–H and O–H groups in total. The van der Waals surface area contributed by atoms with E-state index in [2.05, 4.69) is 60.7 Å². The molecular formula is C33H38NO4PS. The summed E-state index contributed by atoms with van der Waals surface area (Å²) >= 11 is 0. The Morgan fingerprint density at radius 3 is 1.68 bits per heavy atom. The Morgan fingerprint density at radius 1 is 0.725 bits per heavy atom. The van der Waals surface area contributed by atoms with Crippen molar-refractivity contribution in [3.8, 4) is 17.2 Å². The molecule has 4 aromatic rings. The minimum Gasteiger partial charge on any atom is -0.497 e. The first-order valence-electron chi connectivity index (χ1n) is 13.1. The molecule has 0 fully saturated rings. The van der Waals surface area contributed by atoms with Crippen LogP contribution in [0.5, 0.6) is 17.2 Å². The third kappa shape index (κ3) is 6.41. The Balaban J connectivity index is 2.07. The van der Waals surface area contributed by atoms with Crippen molar-refractivity contribution in [2.75, 3.05) is 28.4 Å². The highest BCUT2D eigenvalue weighted by Gasteiger charge is 2.34. The summed E-state index contributed by atoms with van der Waals surface area (Å²) in [5.41, 5.74) is 2.02. The van der Waals surface area contributed by atoms with Crippen LogP contribution >= 0.6 is 7.92 Å². The fourth-order valence-corrected chi connectivity index (χ4v) is 8.55. The smallest absolute Gasteiger partial charge is 0.161 e. The van der Waals surface area contributed by atoms with Gasteiger partial charge in [0.1, 0.15) is 16.7 Å². The number of benzene rings is 4. The normalized spacial score (nSPS) is 13.2. The summed E-state index contributed by atoms with van der Waals surface area (Å²) in [5.74, 6) is 2.06. The Labute approximate surface area is 242 Å². The summed E-state index contributed by atoms with van der Waals surface area (Å²) < 4.78 is 32.5. The summed E-state index contributed by atoms with van der Waals surface area (Å²) in [5, 5.41) is 3.54. The molecule has 0 aliphatic rings. The van der Waals surface area contributed by atoms with Crippen molar-refractivity contribution in [3.05, 3.63) is 108 Å². The van der Waals surface area contributed by atoms with Gasteiger partial charge in [-0.1, -0.05) is 72.8 Å². The van der Waals surface area contributed by atoms with E-state index in [4.69, 9.17) is 14.2 Å². The Bertz CT molecular complexity index is 1380. The zero-order valence-corrected chi connectivity index (χ0v) is 26.0. The second-order valence-electron chi connectivity index (χ2n) is 10.4. The molecule has 0 amide bonds. The van der Waals surface area contributed by atoms with Crippen LogP contribution in [0.3, 0.4) is 0 Å². The van der Waals surface area contributed by atoms with Gasteiger partial charge in [0, 0.05) is 7.05 Å². The van der Waals surface area contributed by atoms with E-state index in [0.29, 0.717) is 11.5 Å². The van der Waals surface area contributed by atoms with Crippen molar-refractivity contribution >= 4 is 34.8 Å². The van der Waals surface area contributed by atoms with Crippen LogP contribution in [0.4, 0.5) is 0 Å². The first kappa shape index (κ1) is 29.8. The molecule has 0 saturated carbocycles. The molecule has 4 rings (SSSR count). The predicted octanol–water partition coefficient (Wildman–Crippen LogP) is 5.95. The van der Waals surface area contributed by atoms with Gasteiger partial charge in [-0.3, -0.25) is 0 Å². The largest absolute Gasteiger partial charge is 0.497 e. The molecular weight excluding hydrogens is 537 g/mol. The van der Waals surface area contributed by atoms with Gasteiger partial charge in [0.05, 0.1) is 32.1 Å². The van der Waals surface area contributed by atoms with Crippen LogP contribution in [0.1, 0.15) is 37.9 Å². The highest BCUT2D eigenvalue weighted by atomic mass is 32.2. The average molecular weight is 576 g/mol. The van der Waals surface area contributed by atoms with E-state index in [1.165, 1.54) is 10.6 Å². The zero-order chi connectivity index (χ0) is 28.9. The van der Waals surface area contributed by atoms with Gasteiger partial charge in [-0.05, 0) is 80.0 Å². The molecule has 2 atom stereocenters. The number of rotatable bonds is 10. The minimum absolute atomic E-state index is 0.335. The lowest BCUT2D eigenvalue weighted by molar-refractivity contribution is 0.353. The van der Waals surface area contributed by atoms with Crippen LogP contribution in [-0.2, 0) is 11.0 Å². The molecule has 0 spiro atoms. The van der Waals surface area contributed by atoms with Gasteiger partial charge in [-0.15, -0.1) is 0 Å². The van der Waals surface area contributed by atoms with E-state index in [0.717, 1.165) is 22.2 Å². The Kier molecular flexibility index (Phi) is 9.68. The van der Waals surface area contributed by atoms with Crippen LogP contribution < -0.4 is 30.1 Å². The molecule has 4 aromatic carbocycles. The molecule has 0 bridgehead atoms. The second-order valence-corrected chi connectivity index (χ2v) is 14.8. The van der Waals surface area contributed by atoms with Crippen LogP contribution in [-0.4, -0.2) is 41.6 Å². The summed E-state index contributed by atoms with van der Waals surface area (Å²) in [7, 11) is 4.60. The van der Waals surface area contributed by atoms with E-state index in [1.807, 2.05) is 68.5 Å². The molecule has 210 valence electrons. The SMILES string of the molecule is COc1ccc([C@H](c2cc(OC)c(OC)cc2P(c2ccccc2)c2ccccc2)N(C)[S@@](=O)C(C)(C)C)cc1. The molecule has 0 saturated heterocycles. The van der Waals surface area contributed by atoms with Gasteiger partial charge in [0.25, 0.3) is 0 Å². The summed E-state index contributed by atoms with van der Waals surface area (Å²) in [4.78, 5) is 0. The summed E-state index contributed by atoms with van der Waals surface area (Å²) in [6.07, 6.45) is 0. The third-order valence-corrected chi connectivity index (χ3v) is 11.0. The van der Waals surface area contributed by atoms with Gasteiger partial charge < -0.3 is 14.2 Å². The Morgan fingerprint density at radius 2 is 1.23 bits per heavy atom. The second kappa shape index (κ2) is 13.0. The highest BCUT2D eigenvalue weighted by molar-refractivity contribution is 7.84. The maximum absolute atomic E-state index is 13.9. The molecule has 0 aliphatic carbocycles. The van der Waals surface area contributed by atoms with Crippen LogP contribution in [0.15, 0.2) is 97.1 Å².